The molecule has 0 aromatic heterocycles. The standard InChI is InChI=1S/C13H25NO2/c1-10(2)11-5-4-6-12(9-11)14-8-7-13(15)16-3/h10-12,14H,4-9H2,1-3H3. The van der Waals surface area contributed by atoms with Gasteiger partial charge in [-0.05, 0) is 24.7 Å². The van der Waals surface area contributed by atoms with E-state index >= 15 is 0 Å². The molecule has 2 unspecified atom stereocenters. The van der Waals surface area contributed by atoms with Gasteiger partial charge < -0.3 is 10.1 Å². The Morgan fingerprint density at radius 3 is 2.81 bits per heavy atom. The first-order valence-corrected chi connectivity index (χ1v) is 6.43. The van der Waals surface area contributed by atoms with Crippen molar-refractivity contribution in [3.63, 3.8) is 0 Å². The lowest BCUT2D eigenvalue weighted by Crippen LogP contribution is -2.36. The average molecular weight is 227 g/mol. The van der Waals surface area contributed by atoms with Crippen LogP contribution in [0.5, 0.6) is 0 Å². The number of hydrogen-bond acceptors (Lipinski definition) is 3. The Bertz CT molecular complexity index is 216. The maximum Gasteiger partial charge on any atom is 0.306 e. The van der Waals surface area contributed by atoms with Crippen LogP contribution in [0.2, 0.25) is 0 Å². The predicted molar refractivity (Wildman–Crippen MR) is 65.2 cm³/mol. The van der Waals surface area contributed by atoms with Gasteiger partial charge in [-0.1, -0.05) is 26.7 Å². The van der Waals surface area contributed by atoms with E-state index in [-0.39, 0.29) is 5.97 Å². The molecule has 1 aliphatic carbocycles. The second-order valence-electron chi connectivity index (χ2n) is 5.15. The van der Waals surface area contributed by atoms with Crippen molar-refractivity contribution in [1.29, 1.82) is 0 Å². The van der Waals surface area contributed by atoms with E-state index in [2.05, 4.69) is 23.9 Å². The Morgan fingerprint density at radius 1 is 1.44 bits per heavy atom. The summed E-state index contributed by atoms with van der Waals surface area (Å²) in [7, 11) is 1.44. The largest absolute Gasteiger partial charge is 0.469 e. The number of ether oxygens (including phenoxy) is 1. The minimum absolute atomic E-state index is 0.122. The highest BCUT2D eigenvalue weighted by Crippen LogP contribution is 2.29. The lowest BCUT2D eigenvalue weighted by atomic mass is 9.79. The predicted octanol–water partition coefficient (Wildman–Crippen LogP) is 2.35. The van der Waals surface area contributed by atoms with Crippen LogP contribution in [0, 0.1) is 11.8 Å². The van der Waals surface area contributed by atoms with Gasteiger partial charge in [0.25, 0.3) is 0 Å². The molecule has 1 N–H and O–H groups in total. The molecule has 0 saturated heterocycles. The SMILES string of the molecule is COC(=O)CCNC1CCCC(C(C)C)C1. The lowest BCUT2D eigenvalue weighted by molar-refractivity contribution is -0.140. The van der Waals surface area contributed by atoms with E-state index in [0.29, 0.717) is 12.5 Å². The maximum absolute atomic E-state index is 11.0. The molecule has 3 heteroatoms. The molecular formula is C13H25NO2. The molecule has 3 nitrogen and oxygen atoms in total. The molecule has 0 spiro atoms. The Hall–Kier alpha value is -0.570. The van der Waals surface area contributed by atoms with Crippen molar-refractivity contribution < 1.29 is 9.53 Å². The Morgan fingerprint density at radius 2 is 2.19 bits per heavy atom. The zero-order chi connectivity index (χ0) is 12.0. The molecule has 1 fully saturated rings. The van der Waals surface area contributed by atoms with Crippen molar-refractivity contribution in [2.45, 2.75) is 52.0 Å². The lowest BCUT2D eigenvalue weighted by Gasteiger charge is -2.32. The van der Waals surface area contributed by atoms with Crippen molar-refractivity contribution in [2.75, 3.05) is 13.7 Å². The number of hydrogen-bond donors (Lipinski definition) is 1. The van der Waals surface area contributed by atoms with Crippen LogP contribution < -0.4 is 5.32 Å². The van der Waals surface area contributed by atoms with Gasteiger partial charge in [0.05, 0.1) is 13.5 Å². The van der Waals surface area contributed by atoms with Gasteiger partial charge >= 0.3 is 5.97 Å². The molecule has 1 rings (SSSR count). The zero-order valence-electron chi connectivity index (χ0n) is 10.8. The molecule has 0 radical (unpaired) electrons. The summed E-state index contributed by atoms with van der Waals surface area (Å²) in [5.74, 6) is 1.51. The van der Waals surface area contributed by atoms with Crippen LogP contribution >= 0.6 is 0 Å². The normalized spacial score (nSPS) is 25.8. The van der Waals surface area contributed by atoms with Gasteiger partial charge in [-0.2, -0.15) is 0 Å². The summed E-state index contributed by atoms with van der Waals surface area (Å²) in [6, 6.07) is 0.603. The average Bonchev–Trinajstić information content (AvgIpc) is 2.29. The van der Waals surface area contributed by atoms with Crippen molar-refractivity contribution in [3.8, 4) is 0 Å². The van der Waals surface area contributed by atoms with E-state index in [4.69, 9.17) is 0 Å². The van der Waals surface area contributed by atoms with E-state index in [1.54, 1.807) is 0 Å². The summed E-state index contributed by atoms with van der Waals surface area (Å²) in [5.41, 5.74) is 0. The van der Waals surface area contributed by atoms with Crippen molar-refractivity contribution in [3.05, 3.63) is 0 Å². The van der Waals surface area contributed by atoms with Gasteiger partial charge in [0.2, 0.25) is 0 Å². The van der Waals surface area contributed by atoms with Gasteiger partial charge in [-0.15, -0.1) is 0 Å². The fourth-order valence-electron chi connectivity index (χ4n) is 2.50. The van der Waals surface area contributed by atoms with E-state index in [0.717, 1.165) is 18.4 Å². The van der Waals surface area contributed by atoms with Crippen LogP contribution in [-0.4, -0.2) is 25.7 Å². The Kier molecular flexibility index (Phi) is 5.81. The maximum atomic E-state index is 11.0. The van der Waals surface area contributed by atoms with Crippen LogP contribution in [0.15, 0.2) is 0 Å². The first kappa shape index (κ1) is 13.5. The van der Waals surface area contributed by atoms with Crippen LogP contribution in [0.4, 0.5) is 0 Å². The Labute approximate surface area is 98.9 Å². The fraction of sp³-hybridized carbons (Fsp3) is 0.923. The van der Waals surface area contributed by atoms with Crippen molar-refractivity contribution >= 4 is 5.97 Å². The number of methoxy groups -OCH3 is 1. The van der Waals surface area contributed by atoms with Gasteiger partial charge in [-0.25, -0.2) is 0 Å². The molecule has 0 aliphatic heterocycles. The van der Waals surface area contributed by atoms with Crippen LogP contribution in [0.1, 0.15) is 46.0 Å². The summed E-state index contributed by atoms with van der Waals surface area (Å²) in [4.78, 5) is 11.0. The summed E-state index contributed by atoms with van der Waals surface area (Å²) < 4.78 is 4.62. The number of carbonyl (C=O) groups is 1. The van der Waals surface area contributed by atoms with E-state index in [1.807, 2.05) is 0 Å². The van der Waals surface area contributed by atoms with Crippen LogP contribution in [-0.2, 0) is 9.53 Å². The molecule has 16 heavy (non-hydrogen) atoms. The van der Waals surface area contributed by atoms with Gasteiger partial charge in [0.1, 0.15) is 0 Å². The molecule has 2 atom stereocenters. The first-order chi connectivity index (χ1) is 7.63. The highest BCUT2D eigenvalue weighted by molar-refractivity contribution is 5.69. The minimum Gasteiger partial charge on any atom is -0.469 e. The third-order valence-electron chi connectivity index (χ3n) is 3.65. The quantitative estimate of drug-likeness (QED) is 0.733. The second kappa shape index (κ2) is 6.89. The van der Waals surface area contributed by atoms with E-state index in [9.17, 15) is 4.79 Å². The van der Waals surface area contributed by atoms with E-state index < -0.39 is 0 Å². The van der Waals surface area contributed by atoms with Gasteiger partial charge in [-0.3, -0.25) is 4.79 Å². The summed E-state index contributed by atoms with van der Waals surface area (Å²) in [5, 5.41) is 3.47. The third-order valence-corrected chi connectivity index (χ3v) is 3.65. The minimum atomic E-state index is -0.122. The molecule has 1 saturated carbocycles. The molecular weight excluding hydrogens is 202 g/mol. The van der Waals surface area contributed by atoms with Gasteiger partial charge in [0.15, 0.2) is 0 Å². The number of nitrogens with one attached hydrogen (secondary N) is 1. The fourth-order valence-corrected chi connectivity index (χ4v) is 2.50. The number of rotatable bonds is 5. The monoisotopic (exact) mass is 227 g/mol. The molecule has 0 aromatic carbocycles. The summed E-state index contributed by atoms with van der Waals surface area (Å²) >= 11 is 0. The van der Waals surface area contributed by atoms with Gasteiger partial charge in [0, 0.05) is 12.6 Å². The smallest absolute Gasteiger partial charge is 0.306 e. The van der Waals surface area contributed by atoms with Crippen LogP contribution in [0.25, 0.3) is 0 Å². The van der Waals surface area contributed by atoms with Crippen molar-refractivity contribution in [2.24, 2.45) is 11.8 Å². The second-order valence-corrected chi connectivity index (χ2v) is 5.15. The van der Waals surface area contributed by atoms with Crippen LogP contribution in [0.3, 0.4) is 0 Å². The zero-order valence-corrected chi connectivity index (χ0v) is 10.8. The highest BCUT2D eigenvalue weighted by Gasteiger charge is 2.23. The molecule has 0 amide bonds. The third kappa shape index (κ3) is 4.52. The molecule has 0 bridgehead atoms. The number of carbonyl (C=O) groups excluding carboxylic acids is 1. The molecule has 0 aromatic rings. The molecule has 1 aliphatic rings. The summed E-state index contributed by atoms with van der Waals surface area (Å²) in [6.45, 7) is 5.37. The Balaban J connectivity index is 2.19. The highest BCUT2D eigenvalue weighted by atomic mass is 16.5. The summed E-state index contributed by atoms with van der Waals surface area (Å²) in [6.07, 6.45) is 5.69. The molecule has 0 heterocycles. The molecule has 94 valence electrons. The van der Waals surface area contributed by atoms with E-state index in [1.165, 1.54) is 32.8 Å². The number of esters is 1. The topological polar surface area (TPSA) is 38.3 Å². The van der Waals surface area contributed by atoms with Crippen molar-refractivity contribution in [1.82, 2.24) is 5.32 Å². The first-order valence-electron chi connectivity index (χ1n) is 6.43.